The van der Waals surface area contributed by atoms with E-state index in [-0.39, 0.29) is 39.8 Å². The van der Waals surface area contributed by atoms with E-state index < -0.39 is 29.1 Å². The lowest BCUT2D eigenvalue weighted by Gasteiger charge is -2.31. The van der Waals surface area contributed by atoms with Crippen molar-refractivity contribution in [3.05, 3.63) is 65.9 Å². The molecule has 1 aliphatic rings. The summed E-state index contributed by atoms with van der Waals surface area (Å²) in [4.78, 5) is 22.8. The Labute approximate surface area is 180 Å². The maximum atomic E-state index is 14.5. The highest BCUT2D eigenvalue weighted by Crippen LogP contribution is 2.44. The molecule has 2 heterocycles. The number of halogens is 2. The van der Waals surface area contributed by atoms with E-state index in [9.17, 15) is 17.8 Å². The summed E-state index contributed by atoms with van der Waals surface area (Å²) < 4.78 is 41.8. The fourth-order valence-electron chi connectivity index (χ4n) is 3.57. The molecule has 1 aromatic heterocycles. The van der Waals surface area contributed by atoms with Crippen molar-refractivity contribution >= 4 is 39.2 Å². The van der Waals surface area contributed by atoms with Gasteiger partial charge in [-0.2, -0.15) is 0 Å². The molecule has 31 heavy (non-hydrogen) atoms. The molecule has 0 radical (unpaired) electrons. The molecule has 1 amide bonds. The maximum absolute atomic E-state index is 14.5. The zero-order valence-electron chi connectivity index (χ0n) is 16.8. The van der Waals surface area contributed by atoms with E-state index in [0.717, 1.165) is 0 Å². The lowest BCUT2D eigenvalue weighted by Crippen LogP contribution is -2.34. The van der Waals surface area contributed by atoms with Crippen LogP contribution in [-0.4, -0.2) is 25.8 Å². The van der Waals surface area contributed by atoms with Crippen LogP contribution in [0.25, 0.3) is 11.0 Å². The molecule has 1 unspecified atom stereocenters. The molecule has 0 saturated carbocycles. The number of hydrogen-bond donors (Lipinski definition) is 1. The number of anilines is 2. The van der Waals surface area contributed by atoms with Crippen LogP contribution in [0.3, 0.4) is 0 Å². The fourth-order valence-corrected chi connectivity index (χ4v) is 5.09. The van der Waals surface area contributed by atoms with Gasteiger partial charge in [0.05, 0.1) is 45.2 Å². The molecule has 0 spiro atoms. The first-order chi connectivity index (χ1) is 14.7. The molecule has 2 N–H and O–H groups in total. The van der Waals surface area contributed by atoms with Crippen molar-refractivity contribution in [2.24, 2.45) is 0 Å². The first kappa shape index (κ1) is 21.0. The molecule has 0 fully saturated rings. The normalized spacial score (nSPS) is 17.2. The van der Waals surface area contributed by atoms with E-state index in [1.807, 2.05) is 0 Å². The zero-order chi connectivity index (χ0) is 22.3. The van der Waals surface area contributed by atoms with Crippen molar-refractivity contribution in [3.8, 4) is 0 Å². The van der Waals surface area contributed by atoms with E-state index in [0.29, 0.717) is 16.6 Å². The largest absolute Gasteiger partial charge is 0.382 e. The standard InChI is InChI=1S/C22H20F2N4O2S/c1-13(2)21(29)28(12-14-6-7-16-17(10-14)27-19(25)11-26-16)18-5-3-4-15-20(18)31(30)9-8-22(15,23)24/h3-7,10-11H,1,8-9,12H2,2H3,(H2,25,27). The summed E-state index contributed by atoms with van der Waals surface area (Å²) in [6, 6.07) is 9.51. The number of nitrogens with zero attached hydrogens (tertiary/aromatic N) is 3. The highest BCUT2D eigenvalue weighted by molar-refractivity contribution is 7.85. The van der Waals surface area contributed by atoms with E-state index in [4.69, 9.17) is 5.73 Å². The first-order valence-electron chi connectivity index (χ1n) is 9.55. The molecule has 6 nitrogen and oxygen atoms in total. The van der Waals surface area contributed by atoms with Crippen molar-refractivity contribution in [2.75, 3.05) is 16.4 Å². The molecular weight excluding hydrogens is 422 g/mol. The van der Waals surface area contributed by atoms with Gasteiger partial charge in [0.1, 0.15) is 5.82 Å². The molecule has 3 aromatic rings. The van der Waals surface area contributed by atoms with E-state index in [1.54, 1.807) is 25.1 Å². The monoisotopic (exact) mass is 442 g/mol. The van der Waals surface area contributed by atoms with Crippen molar-refractivity contribution < 1.29 is 17.8 Å². The third kappa shape index (κ3) is 3.93. The smallest absolute Gasteiger partial charge is 0.275 e. The Hall–Kier alpha value is -3.20. The van der Waals surface area contributed by atoms with Crippen LogP contribution >= 0.6 is 0 Å². The summed E-state index contributed by atoms with van der Waals surface area (Å²) in [5, 5.41) is 0. The minimum absolute atomic E-state index is 0.00169. The number of nitrogens with two attached hydrogens (primary N) is 1. The molecule has 0 saturated heterocycles. The van der Waals surface area contributed by atoms with Gasteiger partial charge in [-0.1, -0.05) is 24.8 Å². The van der Waals surface area contributed by atoms with Crippen LogP contribution in [0.1, 0.15) is 24.5 Å². The molecular formula is C22H20F2N4O2S. The summed E-state index contributed by atoms with van der Waals surface area (Å²) in [5.41, 5.74) is 7.71. The molecule has 2 aromatic carbocycles. The molecule has 1 aliphatic heterocycles. The maximum Gasteiger partial charge on any atom is 0.275 e. The van der Waals surface area contributed by atoms with Gasteiger partial charge in [0.2, 0.25) is 0 Å². The van der Waals surface area contributed by atoms with E-state index in [2.05, 4.69) is 16.5 Å². The number of rotatable bonds is 4. The average molecular weight is 442 g/mol. The minimum atomic E-state index is -3.10. The highest BCUT2D eigenvalue weighted by Gasteiger charge is 2.41. The Morgan fingerprint density at radius 1 is 1.29 bits per heavy atom. The summed E-state index contributed by atoms with van der Waals surface area (Å²) in [6.45, 7) is 5.31. The van der Waals surface area contributed by atoms with Gasteiger partial charge in [-0.25, -0.2) is 13.8 Å². The number of benzene rings is 2. The first-order valence-corrected chi connectivity index (χ1v) is 10.9. The van der Waals surface area contributed by atoms with Gasteiger partial charge in [-0.05, 0) is 30.7 Å². The van der Waals surface area contributed by atoms with E-state index in [1.165, 1.54) is 29.3 Å². The van der Waals surface area contributed by atoms with Crippen LogP contribution in [0.15, 0.2) is 59.6 Å². The van der Waals surface area contributed by atoms with Crippen LogP contribution in [0.5, 0.6) is 0 Å². The number of aromatic nitrogens is 2. The van der Waals surface area contributed by atoms with Crippen molar-refractivity contribution in [2.45, 2.75) is 30.7 Å². The topological polar surface area (TPSA) is 89.2 Å². The van der Waals surface area contributed by atoms with E-state index >= 15 is 0 Å². The van der Waals surface area contributed by atoms with Crippen LogP contribution in [0.2, 0.25) is 0 Å². The highest BCUT2D eigenvalue weighted by atomic mass is 32.2. The number of fused-ring (bicyclic) bond motifs is 2. The lowest BCUT2D eigenvalue weighted by atomic mass is 10.0. The molecule has 4 rings (SSSR count). The molecule has 1 atom stereocenters. The number of alkyl halides is 2. The number of amides is 1. The summed E-state index contributed by atoms with van der Waals surface area (Å²) in [7, 11) is -1.65. The minimum Gasteiger partial charge on any atom is -0.382 e. The number of nitrogen functional groups attached to an aromatic ring is 1. The van der Waals surface area contributed by atoms with Crippen LogP contribution in [0, 0.1) is 0 Å². The second kappa shape index (κ2) is 7.81. The Bertz CT molecular complexity index is 1250. The summed E-state index contributed by atoms with van der Waals surface area (Å²) in [5.74, 6) is -3.46. The predicted octanol–water partition coefficient (Wildman–Crippen LogP) is 3.92. The molecule has 160 valence electrons. The summed E-state index contributed by atoms with van der Waals surface area (Å²) in [6.07, 6.45) is 0.958. The second-order valence-corrected chi connectivity index (χ2v) is 8.96. The summed E-state index contributed by atoms with van der Waals surface area (Å²) >= 11 is 0. The van der Waals surface area contributed by atoms with Crippen LogP contribution in [-0.2, 0) is 28.1 Å². The Morgan fingerprint density at radius 2 is 2.06 bits per heavy atom. The van der Waals surface area contributed by atoms with Crippen molar-refractivity contribution in [1.82, 2.24) is 9.97 Å². The van der Waals surface area contributed by atoms with Crippen molar-refractivity contribution in [3.63, 3.8) is 0 Å². The van der Waals surface area contributed by atoms with Gasteiger partial charge < -0.3 is 10.6 Å². The van der Waals surface area contributed by atoms with Gasteiger partial charge in [0, 0.05) is 23.3 Å². The van der Waals surface area contributed by atoms with Gasteiger partial charge >= 0.3 is 0 Å². The number of hydrogen-bond acceptors (Lipinski definition) is 5. The molecule has 9 heteroatoms. The molecule has 0 aliphatic carbocycles. The lowest BCUT2D eigenvalue weighted by molar-refractivity contribution is -0.115. The van der Waals surface area contributed by atoms with Crippen LogP contribution in [0.4, 0.5) is 20.3 Å². The quantitative estimate of drug-likeness (QED) is 0.619. The Morgan fingerprint density at radius 3 is 2.81 bits per heavy atom. The Balaban J connectivity index is 1.83. The average Bonchev–Trinajstić information content (AvgIpc) is 2.73. The number of carbonyl (C=O) groups excluding carboxylic acids is 1. The second-order valence-electron chi connectivity index (χ2n) is 7.45. The van der Waals surface area contributed by atoms with Crippen molar-refractivity contribution in [1.29, 1.82) is 0 Å². The third-order valence-electron chi connectivity index (χ3n) is 5.08. The zero-order valence-corrected chi connectivity index (χ0v) is 17.6. The fraction of sp³-hybridized carbons (Fsp3) is 0.227. The SMILES string of the molecule is C=C(C)C(=O)N(Cc1ccc2ncc(N)nc2c1)c1cccc2c1S(=O)CCC2(F)F. The van der Waals surface area contributed by atoms with Gasteiger partial charge in [-0.3, -0.25) is 14.0 Å². The van der Waals surface area contributed by atoms with Gasteiger partial charge in [-0.15, -0.1) is 0 Å². The van der Waals surface area contributed by atoms with Gasteiger partial charge in [0.15, 0.2) is 0 Å². The third-order valence-corrected chi connectivity index (χ3v) is 6.54. The predicted molar refractivity (Wildman–Crippen MR) is 116 cm³/mol. The Kier molecular flexibility index (Phi) is 5.30. The van der Waals surface area contributed by atoms with Gasteiger partial charge in [0.25, 0.3) is 11.8 Å². The van der Waals surface area contributed by atoms with Crippen LogP contribution < -0.4 is 10.6 Å². The number of carbonyl (C=O) groups is 1. The molecule has 0 bridgehead atoms.